The Hall–Kier alpha value is -3.02. The number of nitrogens with one attached hydrogen (secondary N) is 1. The number of carboxylic acid groups (broad SMARTS) is 1. The number of primary amides is 1. The highest BCUT2D eigenvalue weighted by atomic mass is 16.5. The van der Waals surface area contributed by atoms with Crippen LogP contribution in [0.1, 0.15) is 96.6 Å². The Kier molecular flexibility index (Phi) is 17.3. The topological polar surface area (TPSA) is 136 Å². The third-order valence-electron chi connectivity index (χ3n) is 11.7. The first kappa shape index (κ1) is 45.1. The Labute approximate surface area is 315 Å². The molecule has 7 atom stereocenters. The highest BCUT2D eigenvalue weighted by molar-refractivity contribution is 5.78. The van der Waals surface area contributed by atoms with Crippen LogP contribution in [-0.4, -0.2) is 124 Å². The van der Waals surface area contributed by atoms with E-state index in [2.05, 4.69) is 71.6 Å². The molecule has 0 radical (unpaired) electrons. The van der Waals surface area contributed by atoms with Gasteiger partial charge < -0.3 is 29.9 Å². The van der Waals surface area contributed by atoms with Crippen molar-refractivity contribution in [2.75, 3.05) is 75.2 Å². The lowest BCUT2D eigenvalue weighted by atomic mass is 9.73. The Balaban J connectivity index is 2.44. The minimum atomic E-state index is -0.940. The molecular weight excluding hydrogens is 658 g/mol. The average Bonchev–Trinajstić information content (AvgIpc) is 3.43. The second kappa shape index (κ2) is 19.9. The number of aliphatic carboxylic acids is 1. The van der Waals surface area contributed by atoms with Gasteiger partial charge in [0.1, 0.15) is 19.6 Å². The van der Waals surface area contributed by atoms with Crippen LogP contribution in [0.25, 0.3) is 0 Å². The molecule has 0 aliphatic heterocycles. The van der Waals surface area contributed by atoms with Crippen molar-refractivity contribution in [1.82, 2.24) is 5.32 Å². The van der Waals surface area contributed by atoms with Crippen LogP contribution in [0.3, 0.4) is 0 Å². The number of amides is 2. The van der Waals surface area contributed by atoms with Crippen molar-refractivity contribution in [2.45, 2.75) is 98.1 Å². The third-order valence-corrected chi connectivity index (χ3v) is 11.7. The molecular formula is C41H74N5O6+3. The smallest absolute Gasteiger partial charge is 0.312 e. The van der Waals surface area contributed by atoms with Gasteiger partial charge in [-0.3, -0.25) is 23.7 Å². The highest BCUT2D eigenvalue weighted by Crippen LogP contribution is 2.46. The first-order valence-electron chi connectivity index (χ1n) is 19.6. The van der Waals surface area contributed by atoms with Crippen molar-refractivity contribution >= 4 is 23.8 Å². The minimum absolute atomic E-state index is 0.0453. The maximum Gasteiger partial charge on any atom is 0.312 e. The molecule has 1 aliphatic carbocycles. The first-order valence-corrected chi connectivity index (χ1v) is 19.6. The molecule has 1 aromatic rings. The SMILES string of the molecule is CCC[N+](C)(C)CC[N+](C)(C)Cc1ccc(C(CC(C)C(=O)OC[N+](C)(C)CC)CC2CC(NC(C)=O)CC2C(CC(CC)C(N)=O)C(=O)O)cc1. The van der Waals surface area contributed by atoms with Gasteiger partial charge in [0.05, 0.1) is 67.2 Å². The van der Waals surface area contributed by atoms with Gasteiger partial charge in [0.15, 0.2) is 0 Å². The van der Waals surface area contributed by atoms with Crippen LogP contribution in [0.4, 0.5) is 0 Å². The molecule has 1 saturated carbocycles. The van der Waals surface area contributed by atoms with Gasteiger partial charge in [0.25, 0.3) is 0 Å². The van der Waals surface area contributed by atoms with Crippen molar-refractivity contribution in [3.63, 3.8) is 0 Å². The molecule has 1 aromatic carbocycles. The van der Waals surface area contributed by atoms with E-state index in [-0.39, 0.29) is 48.0 Å². The lowest BCUT2D eigenvalue weighted by Crippen LogP contribution is -2.50. The summed E-state index contributed by atoms with van der Waals surface area (Å²) in [4.78, 5) is 50.5. The van der Waals surface area contributed by atoms with Crippen molar-refractivity contribution in [3.05, 3.63) is 35.4 Å². The van der Waals surface area contributed by atoms with Crippen LogP contribution in [0.5, 0.6) is 0 Å². The fraction of sp³-hybridized carbons (Fsp3) is 0.756. The molecule has 2 rings (SSSR count). The number of ether oxygens (including phenoxy) is 1. The van der Waals surface area contributed by atoms with Crippen molar-refractivity contribution in [1.29, 1.82) is 0 Å². The summed E-state index contributed by atoms with van der Waals surface area (Å²) in [6, 6.07) is 8.59. The van der Waals surface area contributed by atoms with Gasteiger partial charge in [-0.1, -0.05) is 45.0 Å². The standard InChI is InChI=1S/C41H71N5O6/c1-12-19-45(8,9)20-21-46(10,11)27-31-15-17-33(18-16-31)34(22-29(4)41(51)52-28-44(6,7)14-3)23-35-24-36(43-30(5)47)26-37(35)38(40(49)50)25-32(13-2)39(42)48/h15-18,29,32,34-38H,12-14,19-28H2,1-11H3,(H-3,42,43,47,48,49,50)/p+3. The van der Waals surface area contributed by atoms with Gasteiger partial charge >= 0.3 is 11.9 Å². The molecule has 1 fully saturated rings. The van der Waals surface area contributed by atoms with Gasteiger partial charge in [0.2, 0.25) is 18.5 Å². The largest absolute Gasteiger partial charge is 0.481 e. The summed E-state index contributed by atoms with van der Waals surface area (Å²) in [6.07, 6.45) is 4.16. The van der Waals surface area contributed by atoms with Gasteiger partial charge in [-0.2, -0.15) is 0 Å². The van der Waals surface area contributed by atoms with Gasteiger partial charge in [-0.25, -0.2) is 0 Å². The molecule has 0 aromatic heterocycles. The molecule has 52 heavy (non-hydrogen) atoms. The van der Waals surface area contributed by atoms with Crippen LogP contribution in [0, 0.1) is 29.6 Å². The summed E-state index contributed by atoms with van der Waals surface area (Å²) >= 11 is 0. The number of carboxylic acids is 1. The monoisotopic (exact) mass is 733 g/mol. The number of carbonyl (C=O) groups excluding carboxylic acids is 3. The first-order chi connectivity index (χ1) is 24.1. The van der Waals surface area contributed by atoms with E-state index in [9.17, 15) is 24.3 Å². The molecule has 1 aliphatic rings. The number of hydrogen-bond donors (Lipinski definition) is 3. The third kappa shape index (κ3) is 14.8. The summed E-state index contributed by atoms with van der Waals surface area (Å²) in [5.41, 5.74) is 8.04. The van der Waals surface area contributed by atoms with Crippen molar-refractivity contribution < 1.29 is 42.5 Å². The van der Waals surface area contributed by atoms with Gasteiger partial charge in [-0.15, -0.1) is 0 Å². The molecule has 11 heteroatoms. The summed E-state index contributed by atoms with van der Waals surface area (Å²) in [5, 5.41) is 13.5. The summed E-state index contributed by atoms with van der Waals surface area (Å²) in [7, 11) is 13.2. The lowest BCUT2D eigenvalue weighted by molar-refractivity contribution is -0.952. The number of rotatable bonds is 23. The van der Waals surface area contributed by atoms with E-state index in [1.807, 2.05) is 27.9 Å². The molecule has 7 unspecified atom stereocenters. The number of quaternary nitrogens is 3. The maximum atomic E-state index is 13.3. The number of nitrogens with two attached hydrogens (primary N) is 1. The maximum absolute atomic E-state index is 13.3. The molecule has 0 bridgehead atoms. The number of benzene rings is 1. The molecule has 0 heterocycles. The van der Waals surface area contributed by atoms with E-state index in [4.69, 9.17) is 10.5 Å². The molecule has 2 amide bonds. The Morgan fingerprint density at radius 1 is 0.904 bits per heavy atom. The summed E-state index contributed by atoms with van der Waals surface area (Å²) in [6.45, 7) is 14.9. The zero-order valence-corrected chi connectivity index (χ0v) is 34.5. The van der Waals surface area contributed by atoms with Gasteiger partial charge in [-0.05, 0) is 75.2 Å². The summed E-state index contributed by atoms with van der Waals surface area (Å²) < 4.78 is 8.24. The average molecular weight is 733 g/mol. The van der Waals surface area contributed by atoms with E-state index < -0.39 is 23.7 Å². The molecule has 4 N–H and O–H groups in total. The van der Waals surface area contributed by atoms with Crippen LogP contribution < -0.4 is 11.1 Å². The van der Waals surface area contributed by atoms with Crippen molar-refractivity contribution in [3.8, 4) is 0 Å². The normalized spacial score (nSPS) is 20.5. The van der Waals surface area contributed by atoms with E-state index >= 15 is 0 Å². The molecule has 0 saturated heterocycles. The minimum Gasteiger partial charge on any atom is -0.481 e. The quantitative estimate of drug-likeness (QED) is 0.0826. The van der Waals surface area contributed by atoms with Crippen LogP contribution in [-0.2, 0) is 30.5 Å². The number of esters is 1. The number of carbonyl (C=O) groups is 4. The van der Waals surface area contributed by atoms with Crippen molar-refractivity contribution in [2.24, 2.45) is 35.3 Å². The zero-order valence-electron chi connectivity index (χ0n) is 34.5. The Morgan fingerprint density at radius 2 is 1.52 bits per heavy atom. The number of nitrogens with zero attached hydrogens (tertiary/aromatic N) is 3. The van der Waals surface area contributed by atoms with Crippen LogP contribution >= 0.6 is 0 Å². The highest BCUT2D eigenvalue weighted by Gasteiger charge is 2.44. The van der Waals surface area contributed by atoms with E-state index in [0.29, 0.717) is 43.3 Å². The Morgan fingerprint density at radius 3 is 2.04 bits per heavy atom. The number of likely N-dealkylation sites (N-methyl/N-ethyl adjacent to an activating group) is 2. The fourth-order valence-corrected chi connectivity index (χ4v) is 8.03. The lowest BCUT2D eigenvalue weighted by Gasteiger charge is -2.35. The molecule has 0 spiro atoms. The predicted octanol–water partition coefficient (Wildman–Crippen LogP) is 4.98. The zero-order chi connectivity index (χ0) is 39.4. The van der Waals surface area contributed by atoms with Crippen LogP contribution in [0.2, 0.25) is 0 Å². The number of hydrogen-bond acceptors (Lipinski definition) is 5. The second-order valence-corrected chi connectivity index (χ2v) is 17.8. The second-order valence-electron chi connectivity index (χ2n) is 17.8. The molecule has 296 valence electrons. The van der Waals surface area contributed by atoms with Gasteiger partial charge in [0, 0.05) is 24.4 Å². The predicted molar refractivity (Wildman–Crippen MR) is 207 cm³/mol. The van der Waals surface area contributed by atoms with E-state index in [1.54, 1.807) is 0 Å². The van der Waals surface area contributed by atoms with Crippen LogP contribution in [0.15, 0.2) is 24.3 Å². The fourth-order valence-electron chi connectivity index (χ4n) is 8.03. The molecule has 11 nitrogen and oxygen atoms in total. The van der Waals surface area contributed by atoms with E-state index in [0.717, 1.165) is 53.7 Å². The Bertz CT molecular complexity index is 1310. The van der Waals surface area contributed by atoms with E-state index in [1.165, 1.54) is 12.5 Å². The summed E-state index contributed by atoms with van der Waals surface area (Å²) in [5.74, 6) is -3.85.